The van der Waals surface area contributed by atoms with Crippen molar-refractivity contribution in [3.63, 3.8) is 0 Å². The van der Waals surface area contributed by atoms with Crippen molar-refractivity contribution >= 4 is 23.5 Å². The summed E-state index contributed by atoms with van der Waals surface area (Å²) < 4.78 is 11.6. The minimum Gasteiger partial charge on any atom is -0.464 e. The van der Waals surface area contributed by atoms with E-state index in [0.717, 1.165) is 37.2 Å². The molecule has 0 amide bonds. The average Bonchev–Trinajstić information content (AvgIpc) is 2.62. The zero-order chi connectivity index (χ0) is 16.8. The molecule has 1 atom stereocenters. The fourth-order valence-electron chi connectivity index (χ4n) is 2.55. The van der Waals surface area contributed by atoms with Crippen molar-refractivity contribution in [2.45, 2.75) is 25.6 Å². The van der Waals surface area contributed by atoms with Gasteiger partial charge in [0.1, 0.15) is 5.75 Å². The van der Waals surface area contributed by atoms with Crippen LogP contribution in [-0.2, 0) is 4.74 Å². The van der Waals surface area contributed by atoms with Crippen LogP contribution >= 0.6 is 11.6 Å². The SMILES string of the molecule is O=C(/C=C/c1ccccc1OC1CCCCO1)c1ccc(Cl)cc1. The van der Waals surface area contributed by atoms with E-state index in [9.17, 15) is 4.79 Å². The molecule has 1 fully saturated rings. The minimum atomic E-state index is -0.208. The smallest absolute Gasteiger partial charge is 0.199 e. The van der Waals surface area contributed by atoms with Crippen molar-refractivity contribution in [1.29, 1.82) is 0 Å². The fourth-order valence-corrected chi connectivity index (χ4v) is 2.67. The van der Waals surface area contributed by atoms with Crippen molar-refractivity contribution in [3.8, 4) is 5.75 Å². The van der Waals surface area contributed by atoms with Crippen LogP contribution < -0.4 is 4.74 Å². The van der Waals surface area contributed by atoms with E-state index in [1.54, 1.807) is 36.4 Å². The molecule has 0 radical (unpaired) electrons. The molecule has 0 spiro atoms. The first-order chi connectivity index (χ1) is 11.7. The van der Waals surface area contributed by atoms with Crippen LogP contribution in [0.3, 0.4) is 0 Å². The lowest BCUT2D eigenvalue weighted by Crippen LogP contribution is -2.25. The van der Waals surface area contributed by atoms with E-state index in [2.05, 4.69) is 0 Å². The molecule has 2 aromatic carbocycles. The van der Waals surface area contributed by atoms with Crippen molar-refractivity contribution in [1.82, 2.24) is 0 Å². The molecule has 1 heterocycles. The highest BCUT2D eigenvalue weighted by Crippen LogP contribution is 2.24. The molecule has 1 aliphatic heterocycles. The second-order valence-electron chi connectivity index (χ2n) is 5.66. The van der Waals surface area contributed by atoms with Gasteiger partial charge in [-0.15, -0.1) is 0 Å². The summed E-state index contributed by atoms with van der Waals surface area (Å²) in [5, 5.41) is 0.613. The molecule has 2 aromatic rings. The predicted molar refractivity (Wildman–Crippen MR) is 95.5 cm³/mol. The molecule has 24 heavy (non-hydrogen) atoms. The van der Waals surface area contributed by atoms with E-state index in [0.29, 0.717) is 10.6 Å². The Balaban J connectivity index is 1.72. The van der Waals surface area contributed by atoms with E-state index >= 15 is 0 Å². The molecular weight excluding hydrogens is 324 g/mol. The Bertz CT molecular complexity index is 716. The van der Waals surface area contributed by atoms with Crippen molar-refractivity contribution in [2.24, 2.45) is 0 Å². The van der Waals surface area contributed by atoms with Crippen LogP contribution in [0.4, 0.5) is 0 Å². The standard InChI is InChI=1S/C20H19ClO3/c21-17-11-8-15(9-12-17)18(22)13-10-16-5-1-2-6-19(16)24-20-7-3-4-14-23-20/h1-2,5-6,8-13,20H,3-4,7,14H2/b13-10+. The summed E-state index contributed by atoms with van der Waals surface area (Å²) in [6.45, 7) is 0.734. The van der Waals surface area contributed by atoms with E-state index in [4.69, 9.17) is 21.1 Å². The third kappa shape index (κ3) is 4.47. The summed E-state index contributed by atoms with van der Waals surface area (Å²) in [4.78, 5) is 12.2. The van der Waals surface area contributed by atoms with Gasteiger partial charge in [-0.2, -0.15) is 0 Å². The summed E-state index contributed by atoms with van der Waals surface area (Å²) >= 11 is 5.84. The summed E-state index contributed by atoms with van der Waals surface area (Å²) in [5.41, 5.74) is 1.46. The lowest BCUT2D eigenvalue weighted by atomic mass is 10.1. The molecule has 0 saturated carbocycles. The van der Waals surface area contributed by atoms with Gasteiger partial charge in [-0.3, -0.25) is 4.79 Å². The number of hydrogen-bond acceptors (Lipinski definition) is 3. The van der Waals surface area contributed by atoms with Gasteiger partial charge in [0, 0.05) is 22.6 Å². The Kier molecular flexibility index (Phi) is 5.68. The van der Waals surface area contributed by atoms with E-state index in [1.807, 2.05) is 24.3 Å². The number of halogens is 1. The van der Waals surface area contributed by atoms with E-state index in [-0.39, 0.29) is 12.1 Å². The number of benzene rings is 2. The van der Waals surface area contributed by atoms with Gasteiger partial charge < -0.3 is 9.47 Å². The van der Waals surface area contributed by atoms with Gasteiger partial charge in [0.2, 0.25) is 0 Å². The van der Waals surface area contributed by atoms with Gasteiger partial charge in [0.25, 0.3) is 0 Å². The number of ether oxygens (including phenoxy) is 2. The van der Waals surface area contributed by atoms with Gasteiger partial charge in [-0.05, 0) is 55.3 Å². The van der Waals surface area contributed by atoms with Gasteiger partial charge in [0.05, 0.1) is 6.61 Å². The molecule has 0 bridgehead atoms. The normalized spacial score (nSPS) is 17.8. The zero-order valence-corrected chi connectivity index (χ0v) is 14.0. The van der Waals surface area contributed by atoms with Gasteiger partial charge in [-0.1, -0.05) is 29.8 Å². The third-order valence-electron chi connectivity index (χ3n) is 3.86. The van der Waals surface area contributed by atoms with Crippen LogP contribution in [0.15, 0.2) is 54.6 Å². The lowest BCUT2D eigenvalue weighted by molar-refractivity contribution is -0.106. The molecule has 0 aliphatic carbocycles. The largest absolute Gasteiger partial charge is 0.464 e. The van der Waals surface area contributed by atoms with E-state index < -0.39 is 0 Å². The first-order valence-electron chi connectivity index (χ1n) is 8.07. The number of ketones is 1. The maximum absolute atomic E-state index is 12.2. The topological polar surface area (TPSA) is 35.5 Å². The molecule has 1 aliphatic rings. The zero-order valence-electron chi connectivity index (χ0n) is 13.3. The van der Waals surface area contributed by atoms with Crippen molar-refractivity contribution in [2.75, 3.05) is 6.61 Å². The van der Waals surface area contributed by atoms with Crippen LogP contribution in [0, 0.1) is 0 Å². The molecule has 1 saturated heterocycles. The maximum Gasteiger partial charge on any atom is 0.199 e. The summed E-state index contributed by atoms with van der Waals surface area (Å²) in [6.07, 6.45) is 6.19. The predicted octanol–water partition coefficient (Wildman–Crippen LogP) is 5.14. The first kappa shape index (κ1) is 16.7. The Morgan fingerprint density at radius 2 is 1.92 bits per heavy atom. The number of rotatable bonds is 5. The quantitative estimate of drug-likeness (QED) is 0.557. The molecule has 124 valence electrons. The number of allylic oxidation sites excluding steroid dienone is 1. The highest BCUT2D eigenvalue weighted by molar-refractivity contribution is 6.30. The molecule has 4 heteroatoms. The Hall–Kier alpha value is -2.10. The molecule has 0 N–H and O–H groups in total. The number of carbonyl (C=O) groups excluding carboxylic acids is 1. The van der Waals surface area contributed by atoms with Crippen LogP contribution in [0.1, 0.15) is 35.2 Å². The van der Waals surface area contributed by atoms with Gasteiger partial charge in [-0.25, -0.2) is 0 Å². The second-order valence-corrected chi connectivity index (χ2v) is 6.09. The van der Waals surface area contributed by atoms with Crippen LogP contribution in [0.25, 0.3) is 6.08 Å². The van der Waals surface area contributed by atoms with Crippen LogP contribution in [0.2, 0.25) is 5.02 Å². The van der Waals surface area contributed by atoms with Crippen LogP contribution in [-0.4, -0.2) is 18.7 Å². The summed E-state index contributed by atoms with van der Waals surface area (Å²) in [5.74, 6) is 0.653. The number of para-hydroxylation sites is 1. The maximum atomic E-state index is 12.2. The summed E-state index contributed by atoms with van der Waals surface area (Å²) in [6, 6.07) is 14.5. The average molecular weight is 343 g/mol. The molecule has 0 aromatic heterocycles. The second kappa shape index (κ2) is 8.13. The summed E-state index contributed by atoms with van der Waals surface area (Å²) in [7, 11) is 0. The first-order valence-corrected chi connectivity index (χ1v) is 8.45. The number of hydrogen-bond donors (Lipinski definition) is 0. The highest BCUT2D eigenvalue weighted by Gasteiger charge is 2.16. The minimum absolute atomic E-state index is 0.0737. The molecule has 3 rings (SSSR count). The highest BCUT2D eigenvalue weighted by atomic mass is 35.5. The molecule has 3 nitrogen and oxygen atoms in total. The van der Waals surface area contributed by atoms with Crippen molar-refractivity contribution < 1.29 is 14.3 Å². The van der Waals surface area contributed by atoms with E-state index in [1.165, 1.54) is 0 Å². The van der Waals surface area contributed by atoms with Gasteiger partial charge >= 0.3 is 0 Å². The van der Waals surface area contributed by atoms with Gasteiger partial charge in [0.15, 0.2) is 12.1 Å². The Labute approximate surface area is 146 Å². The fraction of sp³-hybridized carbons (Fsp3) is 0.250. The number of carbonyl (C=O) groups is 1. The van der Waals surface area contributed by atoms with Crippen LogP contribution in [0.5, 0.6) is 5.75 Å². The monoisotopic (exact) mass is 342 g/mol. The third-order valence-corrected chi connectivity index (χ3v) is 4.11. The Morgan fingerprint density at radius 3 is 2.67 bits per heavy atom. The Morgan fingerprint density at radius 1 is 1.12 bits per heavy atom. The molecule has 1 unspecified atom stereocenters. The molecular formula is C20H19ClO3. The van der Waals surface area contributed by atoms with Crippen molar-refractivity contribution in [3.05, 3.63) is 70.8 Å². The lowest BCUT2D eigenvalue weighted by Gasteiger charge is -2.24.